The number of allylic oxidation sites excluding steroid dienone is 7. The van der Waals surface area contributed by atoms with Crippen LogP contribution in [0.5, 0.6) is 0 Å². The number of hydrogen-bond acceptors (Lipinski definition) is 2. The molecule has 6 aliphatic rings. The van der Waals surface area contributed by atoms with Crippen molar-refractivity contribution in [2.75, 3.05) is 9.71 Å². The van der Waals surface area contributed by atoms with E-state index in [-0.39, 0.29) is 17.7 Å². The van der Waals surface area contributed by atoms with Crippen LogP contribution in [0, 0.1) is 26.7 Å². The first-order chi connectivity index (χ1) is 27.9. The molecule has 58 heavy (non-hydrogen) atoms. The summed E-state index contributed by atoms with van der Waals surface area (Å²) in [4.78, 5) is 5.52. The molecule has 5 aromatic rings. The largest absolute Gasteiger partial charge is 0.376 e. The summed E-state index contributed by atoms with van der Waals surface area (Å²) in [6.07, 6.45) is 16.9. The Morgan fingerprint density at radius 1 is 0.672 bits per heavy atom. The Morgan fingerprint density at radius 3 is 2.19 bits per heavy atom. The van der Waals surface area contributed by atoms with E-state index in [4.69, 9.17) is 0 Å². The highest BCUT2D eigenvalue weighted by Crippen LogP contribution is 2.53. The van der Waals surface area contributed by atoms with Gasteiger partial charge in [0.2, 0.25) is 0 Å². The zero-order valence-electron chi connectivity index (χ0n) is 35.9. The minimum atomic E-state index is 0.0134. The van der Waals surface area contributed by atoms with Crippen molar-refractivity contribution < 1.29 is 0 Å². The lowest BCUT2D eigenvalue weighted by molar-refractivity contribution is 0.332. The molecule has 0 radical (unpaired) electrons. The molecule has 0 aromatic heterocycles. The van der Waals surface area contributed by atoms with Gasteiger partial charge in [-0.25, -0.2) is 0 Å². The Hall–Kier alpha value is -5.02. The summed E-state index contributed by atoms with van der Waals surface area (Å²) >= 11 is 0. The zero-order chi connectivity index (χ0) is 39.8. The van der Waals surface area contributed by atoms with E-state index in [0.29, 0.717) is 5.92 Å². The van der Waals surface area contributed by atoms with Gasteiger partial charge in [-0.1, -0.05) is 101 Å². The number of nitrogens with zero attached hydrogens (tertiary/aromatic N) is 2. The van der Waals surface area contributed by atoms with Crippen LogP contribution in [0.3, 0.4) is 0 Å². The van der Waals surface area contributed by atoms with Crippen LogP contribution in [0.25, 0.3) is 21.9 Å². The van der Waals surface area contributed by atoms with Gasteiger partial charge in [0.1, 0.15) is 0 Å². The van der Waals surface area contributed by atoms with Gasteiger partial charge in [0, 0.05) is 34.0 Å². The normalized spacial score (nSPS) is 20.2. The number of para-hydroxylation sites is 1. The van der Waals surface area contributed by atoms with Crippen molar-refractivity contribution in [1.82, 2.24) is 0 Å². The third-order valence-electron chi connectivity index (χ3n) is 15.2. The zero-order valence-corrected chi connectivity index (χ0v) is 35.9. The highest BCUT2D eigenvalue weighted by atomic mass is 15.2. The van der Waals surface area contributed by atoms with Gasteiger partial charge >= 0.3 is 6.85 Å². The minimum absolute atomic E-state index is 0.0134. The Labute approximate surface area is 347 Å². The molecular formula is C55H57BN2. The van der Waals surface area contributed by atoms with Gasteiger partial charge in [0.05, 0.1) is 0 Å². The predicted octanol–water partition coefficient (Wildman–Crippen LogP) is 13.5. The average molecular weight is 757 g/mol. The topological polar surface area (TPSA) is 6.48 Å². The summed E-state index contributed by atoms with van der Waals surface area (Å²) in [6, 6.07) is 31.2. The lowest BCUT2D eigenvalue weighted by atomic mass is 9.41. The monoisotopic (exact) mass is 756 g/mol. The summed E-state index contributed by atoms with van der Waals surface area (Å²) in [7, 11) is 0. The molecule has 0 saturated heterocycles. The quantitative estimate of drug-likeness (QED) is 0.169. The molecule has 0 spiro atoms. The molecule has 290 valence electrons. The summed E-state index contributed by atoms with van der Waals surface area (Å²) in [5.74, 6) is 0.712. The van der Waals surface area contributed by atoms with E-state index in [2.05, 4.69) is 162 Å². The first kappa shape index (κ1) is 36.1. The molecule has 5 aromatic carbocycles. The van der Waals surface area contributed by atoms with Crippen LogP contribution in [-0.2, 0) is 10.8 Å². The molecule has 0 atom stereocenters. The van der Waals surface area contributed by atoms with Gasteiger partial charge in [0.15, 0.2) is 0 Å². The predicted molar refractivity (Wildman–Crippen MR) is 250 cm³/mol. The molecule has 0 unspecified atom stereocenters. The summed E-state index contributed by atoms with van der Waals surface area (Å²) in [6.45, 7) is 19.5. The van der Waals surface area contributed by atoms with Gasteiger partial charge in [0.25, 0.3) is 0 Å². The molecule has 0 N–H and O–H groups in total. The molecule has 2 aliphatic heterocycles. The van der Waals surface area contributed by atoms with Crippen LogP contribution >= 0.6 is 0 Å². The van der Waals surface area contributed by atoms with Crippen LogP contribution in [0.15, 0.2) is 114 Å². The van der Waals surface area contributed by atoms with Crippen molar-refractivity contribution in [2.24, 2.45) is 5.92 Å². The van der Waals surface area contributed by atoms with Crippen molar-refractivity contribution in [3.8, 4) is 0 Å². The first-order valence-electron chi connectivity index (χ1n) is 22.2. The number of anilines is 4. The molecule has 2 nitrogen and oxygen atoms in total. The molecule has 11 rings (SSSR count). The molecular weight excluding hydrogens is 699 g/mol. The third-order valence-corrected chi connectivity index (χ3v) is 15.2. The van der Waals surface area contributed by atoms with E-state index in [1.807, 2.05) is 0 Å². The SMILES string of the molecule is CC1=C2C(=CCC1)c1c3c(cc4ccccc14)N(c1cc4c(cc1C)C(C)(C)CCC4(C)C)c1ccc(C4=C(C5CC5)C=CCC4)c(C)c1B3N2c1ccccc1C. The van der Waals surface area contributed by atoms with E-state index in [9.17, 15) is 0 Å². The van der Waals surface area contributed by atoms with Crippen molar-refractivity contribution in [1.29, 1.82) is 0 Å². The maximum Gasteiger partial charge on any atom is 0.333 e. The number of benzene rings is 5. The van der Waals surface area contributed by atoms with E-state index >= 15 is 0 Å². The fourth-order valence-electron chi connectivity index (χ4n) is 11.8. The van der Waals surface area contributed by atoms with Gasteiger partial charge < -0.3 is 9.71 Å². The standard InChI is InChI=1S/C55H57BN2/c1-33-16-9-14-23-46(33)58-53-34(2)17-15-22-43(53)50-41-20-11-10-18-38(41)31-49-52(50)56(58)51-36(4)39(42-21-13-12-19-40(42)37-24-25-37)26-27-47(51)57(49)48-32-45-44(30-35(48)3)54(5,6)28-29-55(45,7)8/h9-12,14,16,18-20,22-23,26-27,30-32,37H,13,15,17,21,24-25,28-29H2,1-8H3. The molecule has 3 heteroatoms. The van der Waals surface area contributed by atoms with E-state index in [0.717, 1.165) is 25.7 Å². The smallest absolute Gasteiger partial charge is 0.333 e. The molecule has 1 fully saturated rings. The van der Waals surface area contributed by atoms with Gasteiger partial charge in [-0.15, -0.1) is 0 Å². The van der Waals surface area contributed by atoms with Gasteiger partial charge in [-0.3, -0.25) is 0 Å². The molecule has 0 amide bonds. The van der Waals surface area contributed by atoms with Crippen LogP contribution < -0.4 is 20.6 Å². The van der Waals surface area contributed by atoms with E-state index in [1.165, 1.54) is 126 Å². The Balaban J connectivity index is 1.30. The van der Waals surface area contributed by atoms with Gasteiger partial charge in [-0.2, -0.15) is 0 Å². The first-order valence-corrected chi connectivity index (χ1v) is 22.2. The lowest BCUT2D eigenvalue weighted by Gasteiger charge is -2.50. The summed E-state index contributed by atoms with van der Waals surface area (Å²) in [5.41, 5.74) is 26.0. The Kier molecular flexibility index (Phi) is 7.93. The third kappa shape index (κ3) is 5.17. The number of fused-ring (bicyclic) bond motifs is 7. The minimum Gasteiger partial charge on any atom is -0.376 e. The molecule has 0 bridgehead atoms. The number of rotatable bonds is 4. The van der Waals surface area contributed by atoms with E-state index in [1.54, 1.807) is 11.1 Å². The molecule has 4 aliphatic carbocycles. The number of aryl methyl sites for hydroxylation is 2. The van der Waals surface area contributed by atoms with Crippen LogP contribution in [0.4, 0.5) is 22.7 Å². The van der Waals surface area contributed by atoms with Crippen LogP contribution in [-0.4, -0.2) is 6.85 Å². The second-order valence-corrected chi connectivity index (χ2v) is 19.9. The highest BCUT2D eigenvalue weighted by Gasteiger charge is 2.49. The molecule has 2 heterocycles. The maximum atomic E-state index is 2.80. The van der Waals surface area contributed by atoms with Crippen LogP contribution in [0.1, 0.15) is 125 Å². The lowest BCUT2D eigenvalue weighted by Crippen LogP contribution is -2.65. The van der Waals surface area contributed by atoms with Crippen molar-refractivity contribution in [2.45, 2.75) is 118 Å². The fourth-order valence-corrected chi connectivity index (χ4v) is 11.8. The van der Waals surface area contributed by atoms with Crippen molar-refractivity contribution in [3.63, 3.8) is 0 Å². The maximum absolute atomic E-state index is 2.80. The Bertz CT molecular complexity index is 2750. The van der Waals surface area contributed by atoms with E-state index < -0.39 is 0 Å². The van der Waals surface area contributed by atoms with Crippen molar-refractivity contribution in [3.05, 3.63) is 153 Å². The van der Waals surface area contributed by atoms with Crippen LogP contribution in [0.2, 0.25) is 0 Å². The average Bonchev–Trinajstić information content (AvgIpc) is 4.06. The second-order valence-electron chi connectivity index (χ2n) is 19.9. The fraction of sp³-hybridized carbons (Fsp3) is 0.345. The van der Waals surface area contributed by atoms with Crippen molar-refractivity contribution >= 4 is 62.4 Å². The Morgan fingerprint density at radius 2 is 1.41 bits per heavy atom. The van der Waals surface area contributed by atoms with Gasteiger partial charge in [-0.05, 0) is 197 Å². The highest BCUT2D eigenvalue weighted by molar-refractivity contribution is 6.93. The molecule has 1 saturated carbocycles. The second kappa shape index (κ2) is 12.7. The number of hydrogen-bond donors (Lipinski definition) is 0. The summed E-state index contributed by atoms with van der Waals surface area (Å²) in [5, 5.41) is 2.68. The summed E-state index contributed by atoms with van der Waals surface area (Å²) < 4.78 is 0.